The first-order valence-corrected chi connectivity index (χ1v) is 31.8. The van der Waals surface area contributed by atoms with Crippen molar-refractivity contribution in [3.63, 3.8) is 0 Å². The third-order valence-electron chi connectivity index (χ3n) is 15.6. The zero-order chi connectivity index (χ0) is 57.0. The normalized spacial score (nSPS) is 27.7. The molecule has 77 heavy (non-hydrogen) atoms. The van der Waals surface area contributed by atoms with E-state index in [1.165, 1.54) is 141 Å². The minimum atomic E-state index is -5.56. The van der Waals surface area contributed by atoms with Gasteiger partial charge in [-0.1, -0.05) is 226 Å². The number of aliphatic hydroxyl groups is 12. The first kappa shape index (κ1) is 72.1. The molecular formula is C56H110NO19P. The van der Waals surface area contributed by atoms with Crippen LogP contribution in [0.15, 0.2) is 0 Å². The van der Waals surface area contributed by atoms with E-state index in [-0.39, 0.29) is 12.8 Å². The Morgan fingerprint density at radius 2 is 0.844 bits per heavy atom. The molecule has 5 unspecified atom stereocenters. The second-order valence-electron chi connectivity index (χ2n) is 22.3. The van der Waals surface area contributed by atoms with Gasteiger partial charge in [0.25, 0.3) is 5.91 Å². The lowest BCUT2D eigenvalue weighted by atomic mass is 9.84. The summed E-state index contributed by atoms with van der Waals surface area (Å²) in [4.78, 5) is 24.4. The highest BCUT2D eigenvalue weighted by Crippen LogP contribution is 2.48. The minimum Gasteiger partial charge on any atom is -0.394 e. The Labute approximate surface area is 461 Å². The van der Waals surface area contributed by atoms with Gasteiger partial charge in [-0.15, -0.1) is 0 Å². The van der Waals surface area contributed by atoms with Crippen molar-refractivity contribution in [2.24, 2.45) is 0 Å². The quantitative estimate of drug-likeness (QED) is 0.0255. The van der Waals surface area contributed by atoms with Crippen molar-refractivity contribution in [1.29, 1.82) is 0 Å². The van der Waals surface area contributed by atoms with E-state index in [0.717, 1.165) is 57.8 Å². The Morgan fingerprint density at radius 1 is 0.494 bits per heavy atom. The number of aliphatic hydroxyl groups excluding tert-OH is 12. The summed E-state index contributed by atoms with van der Waals surface area (Å²) in [5.74, 6) is -1.17. The second-order valence-corrected chi connectivity index (χ2v) is 23.7. The fourth-order valence-electron chi connectivity index (χ4n) is 10.4. The summed E-state index contributed by atoms with van der Waals surface area (Å²) in [6.45, 7) is 2.50. The summed E-state index contributed by atoms with van der Waals surface area (Å²) in [6.07, 6.45) is 8.70. The molecule has 1 saturated carbocycles. The molecule has 1 aliphatic heterocycles. The standard InChI is InChI=1S/C56H110NO19P/c1-3-5-7-9-11-13-15-17-19-20-21-22-23-25-27-29-31-33-35-37-42(60)45(62)55(70)57-40(44(61)41(59)36-34-32-30-28-26-24-18-16-14-12-10-8-6-4-2)39-73-77(71,72)76-54-51(68)49(66)48(65)50(67)53(54)75-56-52(69)47(64)46(63)43(38-58)74-56/h40-54,56,58-69H,3-39H2,1-2H3,(H,57,70)(H,71,72)/t40-,41?,42?,43+,44-,45?,46+,47-,48+,49+,50-,51+,52-,53+,54+,56?/m0/s1. The fourth-order valence-corrected chi connectivity index (χ4v) is 11.4. The Bertz CT molecular complexity index is 1490. The predicted molar refractivity (Wildman–Crippen MR) is 292 cm³/mol. The van der Waals surface area contributed by atoms with E-state index in [9.17, 15) is 75.5 Å². The summed E-state index contributed by atoms with van der Waals surface area (Å²) >= 11 is 0. The molecule has 2 rings (SSSR count). The number of rotatable bonds is 48. The molecule has 17 atom stereocenters. The van der Waals surface area contributed by atoms with Gasteiger partial charge in [-0.2, -0.15) is 0 Å². The molecule has 0 aromatic heterocycles. The number of phosphoric ester groups is 1. The van der Waals surface area contributed by atoms with Crippen LogP contribution in [-0.4, -0.2) is 183 Å². The van der Waals surface area contributed by atoms with Crippen molar-refractivity contribution in [1.82, 2.24) is 5.32 Å². The van der Waals surface area contributed by atoms with E-state index in [0.29, 0.717) is 12.8 Å². The van der Waals surface area contributed by atoms with Crippen molar-refractivity contribution >= 4 is 13.7 Å². The summed E-state index contributed by atoms with van der Waals surface area (Å²) in [6, 6.07) is -1.71. The molecular weight excluding hydrogens is 1020 g/mol. The second kappa shape index (κ2) is 42.8. The van der Waals surface area contributed by atoms with Crippen LogP contribution in [0.1, 0.15) is 239 Å². The highest BCUT2D eigenvalue weighted by atomic mass is 31.2. The van der Waals surface area contributed by atoms with Crippen molar-refractivity contribution in [2.45, 2.75) is 336 Å². The van der Waals surface area contributed by atoms with E-state index in [4.69, 9.17) is 18.5 Å². The molecule has 0 aromatic carbocycles. The van der Waals surface area contributed by atoms with E-state index in [2.05, 4.69) is 19.2 Å². The van der Waals surface area contributed by atoms with Crippen molar-refractivity contribution in [3.8, 4) is 0 Å². The number of carbonyl (C=O) groups is 1. The van der Waals surface area contributed by atoms with Gasteiger partial charge in [0.15, 0.2) is 12.4 Å². The largest absolute Gasteiger partial charge is 0.472 e. The molecule has 2 aliphatic rings. The number of carbonyl (C=O) groups excluding carboxylic acids is 1. The monoisotopic (exact) mass is 1130 g/mol. The highest BCUT2D eigenvalue weighted by Gasteiger charge is 2.55. The maximum absolute atomic E-state index is 13.6. The molecule has 0 spiro atoms. The van der Waals surface area contributed by atoms with Gasteiger partial charge >= 0.3 is 7.82 Å². The summed E-state index contributed by atoms with van der Waals surface area (Å²) in [5, 5.41) is 130. The Hall–Kier alpha value is -0.980. The zero-order valence-electron chi connectivity index (χ0n) is 47.1. The van der Waals surface area contributed by atoms with Crippen LogP contribution >= 0.6 is 7.82 Å². The average molecular weight is 1130 g/mol. The maximum atomic E-state index is 13.6. The number of nitrogens with one attached hydrogen (secondary N) is 1. The predicted octanol–water partition coefficient (Wildman–Crippen LogP) is 5.75. The first-order valence-electron chi connectivity index (χ1n) is 30.3. The van der Waals surface area contributed by atoms with Gasteiger partial charge in [-0.3, -0.25) is 13.8 Å². The van der Waals surface area contributed by atoms with Gasteiger partial charge in [0.05, 0.1) is 31.5 Å². The lowest BCUT2D eigenvalue weighted by Crippen LogP contribution is -2.67. The smallest absolute Gasteiger partial charge is 0.394 e. The molecule has 0 radical (unpaired) electrons. The molecule has 458 valence electrons. The number of amides is 1. The van der Waals surface area contributed by atoms with Crippen LogP contribution in [0, 0.1) is 0 Å². The maximum Gasteiger partial charge on any atom is 0.472 e. The van der Waals surface area contributed by atoms with E-state index in [1.807, 2.05) is 0 Å². The van der Waals surface area contributed by atoms with E-state index < -0.39 is 125 Å². The molecule has 0 bridgehead atoms. The number of ether oxygens (including phenoxy) is 2. The molecule has 21 heteroatoms. The van der Waals surface area contributed by atoms with E-state index in [1.54, 1.807) is 0 Å². The minimum absolute atomic E-state index is 0.0623. The molecule has 1 aliphatic carbocycles. The van der Waals surface area contributed by atoms with Crippen LogP contribution < -0.4 is 5.32 Å². The van der Waals surface area contributed by atoms with E-state index >= 15 is 0 Å². The van der Waals surface area contributed by atoms with Crippen LogP contribution in [-0.2, 0) is 27.9 Å². The van der Waals surface area contributed by atoms with Gasteiger partial charge in [-0.25, -0.2) is 4.57 Å². The SMILES string of the molecule is CCCCCCCCCCCCCCCCCCCCCC(O)C(O)C(=O)N[C@@H](COP(=O)(O)O[C@@H]1[C@H](O)[C@H](O)[C@@H](O)[C@H](O)[C@H]1OC1O[C@H](CO)[C@@H](O)[C@H](O)[C@@H]1O)[C@H](O)C(O)CCCCCCCCCCCCCCCC. The van der Waals surface area contributed by atoms with Crippen LogP contribution in [0.4, 0.5) is 0 Å². The van der Waals surface area contributed by atoms with Crippen LogP contribution in [0.5, 0.6) is 0 Å². The van der Waals surface area contributed by atoms with Crippen molar-refractivity contribution in [3.05, 3.63) is 0 Å². The van der Waals surface area contributed by atoms with Crippen molar-refractivity contribution in [2.75, 3.05) is 13.2 Å². The molecule has 1 amide bonds. The fraction of sp³-hybridized carbons (Fsp3) is 0.982. The molecule has 0 aromatic rings. The van der Waals surface area contributed by atoms with Gasteiger partial charge in [0.1, 0.15) is 67.1 Å². The first-order chi connectivity index (χ1) is 36.9. The molecule has 20 nitrogen and oxygen atoms in total. The Balaban J connectivity index is 1.96. The summed E-state index contributed by atoms with van der Waals surface area (Å²) < 4.78 is 34.7. The number of hydrogen-bond donors (Lipinski definition) is 14. The molecule has 1 saturated heterocycles. The van der Waals surface area contributed by atoms with Crippen LogP contribution in [0.3, 0.4) is 0 Å². The lowest BCUT2D eigenvalue weighted by Gasteiger charge is -2.47. The van der Waals surface area contributed by atoms with Crippen LogP contribution in [0.2, 0.25) is 0 Å². The van der Waals surface area contributed by atoms with Gasteiger partial charge in [-0.05, 0) is 12.8 Å². The van der Waals surface area contributed by atoms with Crippen molar-refractivity contribution < 1.29 is 94.1 Å². The van der Waals surface area contributed by atoms with Gasteiger partial charge < -0.3 is 81.0 Å². The Kier molecular flexibility index (Phi) is 40.1. The third kappa shape index (κ3) is 29.2. The van der Waals surface area contributed by atoms with Gasteiger partial charge in [0, 0.05) is 0 Å². The third-order valence-corrected chi connectivity index (χ3v) is 16.6. The molecule has 14 N–H and O–H groups in total. The summed E-state index contributed by atoms with van der Waals surface area (Å²) in [5.41, 5.74) is 0. The number of phosphoric acid groups is 1. The number of unbranched alkanes of at least 4 members (excludes halogenated alkanes) is 31. The Morgan fingerprint density at radius 3 is 1.23 bits per heavy atom. The van der Waals surface area contributed by atoms with Gasteiger partial charge in [0.2, 0.25) is 0 Å². The highest BCUT2D eigenvalue weighted by molar-refractivity contribution is 7.47. The topological polar surface area (TPSA) is 346 Å². The van der Waals surface area contributed by atoms with Crippen LogP contribution in [0.25, 0.3) is 0 Å². The zero-order valence-corrected chi connectivity index (χ0v) is 48.0. The number of hydrogen-bond acceptors (Lipinski definition) is 18. The molecule has 2 fully saturated rings. The molecule has 1 heterocycles. The average Bonchev–Trinajstić information content (AvgIpc) is 3.41. The lowest BCUT2D eigenvalue weighted by molar-refractivity contribution is -0.338. The summed E-state index contributed by atoms with van der Waals surface area (Å²) in [7, 11) is -5.56.